The highest BCUT2D eigenvalue weighted by Gasteiger charge is 2.43. The molecule has 3 heterocycles. The van der Waals surface area contributed by atoms with Crippen LogP contribution < -0.4 is 5.43 Å². The van der Waals surface area contributed by atoms with E-state index in [2.05, 4.69) is 5.43 Å². The summed E-state index contributed by atoms with van der Waals surface area (Å²) >= 11 is 0. The van der Waals surface area contributed by atoms with Crippen molar-refractivity contribution in [1.82, 2.24) is 15.3 Å². The van der Waals surface area contributed by atoms with Gasteiger partial charge in [0.05, 0.1) is 0 Å². The van der Waals surface area contributed by atoms with E-state index in [4.69, 9.17) is 5.11 Å². The van der Waals surface area contributed by atoms with Crippen molar-refractivity contribution in [1.29, 1.82) is 0 Å². The van der Waals surface area contributed by atoms with E-state index in [0.717, 1.165) is 51.6 Å². The van der Waals surface area contributed by atoms with Crippen molar-refractivity contribution in [2.45, 2.75) is 63.5 Å². The maximum Gasteiger partial charge on any atom is 0.332 e. The molecule has 3 aliphatic rings. The van der Waals surface area contributed by atoms with Gasteiger partial charge < -0.3 is 10.0 Å². The highest BCUT2D eigenvalue weighted by atomic mass is 16.4. The fraction of sp³-hybridized carbons (Fsp3) is 0.867. The molecule has 0 aliphatic carbocycles. The van der Waals surface area contributed by atoms with Crippen LogP contribution in [0.4, 0.5) is 4.79 Å². The number of nitrogens with zero attached hydrogens (tertiary/aromatic N) is 2. The van der Waals surface area contributed by atoms with Crippen LogP contribution in [0.5, 0.6) is 0 Å². The molecule has 118 valence electrons. The number of fused-ring (bicyclic) bond motifs is 2. The molecule has 2 atom stereocenters. The second-order valence-electron chi connectivity index (χ2n) is 6.69. The quantitative estimate of drug-likeness (QED) is 0.833. The third kappa shape index (κ3) is 3.31. The van der Waals surface area contributed by atoms with Gasteiger partial charge in [0.1, 0.15) is 0 Å². The Morgan fingerprint density at radius 1 is 1.05 bits per heavy atom. The Labute approximate surface area is 125 Å². The molecule has 2 amide bonds. The smallest absolute Gasteiger partial charge is 0.332 e. The summed E-state index contributed by atoms with van der Waals surface area (Å²) in [6, 6.07) is 0.494. The lowest BCUT2D eigenvalue weighted by molar-refractivity contribution is -0.138. The molecule has 3 aliphatic heterocycles. The van der Waals surface area contributed by atoms with Crippen LogP contribution in [0.25, 0.3) is 0 Å². The topological polar surface area (TPSA) is 72.9 Å². The van der Waals surface area contributed by atoms with Gasteiger partial charge in [0.2, 0.25) is 0 Å². The van der Waals surface area contributed by atoms with Gasteiger partial charge in [0, 0.05) is 31.6 Å². The molecule has 0 saturated carbocycles. The first-order valence-electron chi connectivity index (χ1n) is 8.19. The molecule has 3 fully saturated rings. The van der Waals surface area contributed by atoms with Crippen LogP contribution >= 0.6 is 0 Å². The van der Waals surface area contributed by atoms with E-state index in [1.54, 1.807) is 0 Å². The van der Waals surface area contributed by atoms with Gasteiger partial charge in [-0.2, -0.15) is 0 Å². The lowest BCUT2D eigenvalue weighted by atomic mass is 9.88. The summed E-state index contributed by atoms with van der Waals surface area (Å²) in [5, 5.41) is 11.0. The Kier molecular flexibility index (Phi) is 4.33. The summed E-state index contributed by atoms with van der Waals surface area (Å²) in [5.41, 5.74) is 3.05. The Bertz CT molecular complexity index is 395. The zero-order chi connectivity index (χ0) is 14.8. The molecule has 0 spiro atoms. The molecule has 6 heteroatoms. The summed E-state index contributed by atoms with van der Waals surface area (Å²) in [5.74, 6) is -0.482. The van der Waals surface area contributed by atoms with E-state index in [1.807, 2.05) is 9.91 Å². The number of amides is 2. The number of nitrogens with one attached hydrogen (secondary N) is 1. The minimum Gasteiger partial charge on any atom is -0.481 e. The Morgan fingerprint density at radius 2 is 1.67 bits per heavy atom. The molecule has 0 radical (unpaired) electrons. The number of carboxylic acid groups (broad SMARTS) is 1. The molecule has 3 saturated heterocycles. The summed E-state index contributed by atoms with van der Waals surface area (Å²) in [4.78, 5) is 25.4. The predicted molar refractivity (Wildman–Crippen MR) is 77.6 cm³/mol. The average Bonchev–Trinajstić information content (AvgIpc) is 2.71. The van der Waals surface area contributed by atoms with E-state index in [-0.39, 0.29) is 30.5 Å². The van der Waals surface area contributed by atoms with Gasteiger partial charge >= 0.3 is 12.0 Å². The maximum absolute atomic E-state index is 12.5. The Morgan fingerprint density at radius 3 is 2.24 bits per heavy atom. The third-order valence-electron chi connectivity index (χ3n) is 5.14. The fourth-order valence-electron chi connectivity index (χ4n) is 4.23. The number of urea groups is 1. The number of aliphatic carboxylic acids is 1. The maximum atomic E-state index is 12.5. The number of hydrogen-bond donors (Lipinski definition) is 2. The van der Waals surface area contributed by atoms with Gasteiger partial charge in [-0.05, 0) is 44.4 Å². The largest absolute Gasteiger partial charge is 0.481 e. The number of carbonyl (C=O) groups is 2. The molecule has 2 unspecified atom stereocenters. The second kappa shape index (κ2) is 6.22. The summed E-state index contributed by atoms with van der Waals surface area (Å²) in [6.45, 7) is 1.88. The molecule has 3 rings (SSSR count). The number of hydrogen-bond acceptors (Lipinski definition) is 3. The monoisotopic (exact) mass is 295 g/mol. The van der Waals surface area contributed by atoms with E-state index in [9.17, 15) is 9.59 Å². The van der Waals surface area contributed by atoms with E-state index < -0.39 is 5.97 Å². The number of hydrazine groups is 1. The standard InChI is InChI=1S/C15H25N3O3/c19-14(20)10-11-8-12-4-5-13(9-11)18(12)15(21)16-17-6-2-1-3-7-17/h11-13H,1-10H2,(H,16,21)(H,19,20). The lowest BCUT2D eigenvalue weighted by Crippen LogP contribution is -2.56. The molecular weight excluding hydrogens is 270 g/mol. The summed E-state index contributed by atoms with van der Waals surface area (Å²) in [7, 11) is 0. The minimum atomic E-state index is -0.717. The van der Waals surface area contributed by atoms with Crippen LogP contribution in [0.1, 0.15) is 51.4 Å². The Hall–Kier alpha value is -1.30. The minimum absolute atomic E-state index is 0.0261. The molecular formula is C15H25N3O3. The van der Waals surface area contributed by atoms with Gasteiger partial charge in [-0.1, -0.05) is 6.42 Å². The van der Waals surface area contributed by atoms with E-state index >= 15 is 0 Å². The van der Waals surface area contributed by atoms with Gasteiger partial charge in [-0.25, -0.2) is 9.80 Å². The predicted octanol–water partition coefficient (Wildman–Crippen LogP) is 1.81. The van der Waals surface area contributed by atoms with Crippen molar-refractivity contribution >= 4 is 12.0 Å². The zero-order valence-corrected chi connectivity index (χ0v) is 12.5. The lowest BCUT2D eigenvalue weighted by Gasteiger charge is -2.40. The van der Waals surface area contributed by atoms with Crippen LogP contribution in [-0.2, 0) is 4.79 Å². The molecule has 0 aromatic rings. The average molecular weight is 295 g/mol. The molecule has 2 N–H and O–H groups in total. The van der Waals surface area contributed by atoms with Crippen molar-refractivity contribution in [2.24, 2.45) is 5.92 Å². The normalized spacial score (nSPS) is 33.0. The zero-order valence-electron chi connectivity index (χ0n) is 12.5. The van der Waals surface area contributed by atoms with Crippen LogP contribution in [0.2, 0.25) is 0 Å². The number of carboxylic acids is 1. The molecule has 2 bridgehead atoms. The summed E-state index contributed by atoms with van der Waals surface area (Å²) in [6.07, 6.45) is 7.52. The highest BCUT2D eigenvalue weighted by Crippen LogP contribution is 2.39. The number of piperidine rings is 2. The van der Waals surface area contributed by atoms with Crippen LogP contribution in [-0.4, -0.2) is 52.2 Å². The van der Waals surface area contributed by atoms with Crippen molar-refractivity contribution in [3.05, 3.63) is 0 Å². The molecule has 21 heavy (non-hydrogen) atoms. The van der Waals surface area contributed by atoms with Crippen LogP contribution in [0.3, 0.4) is 0 Å². The number of rotatable bonds is 3. The Balaban J connectivity index is 1.56. The first-order valence-corrected chi connectivity index (χ1v) is 8.19. The van der Waals surface area contributed by atoms with Crippen molar-refractivity contribution in [2.75, 3.05) is 13.1 Å². The van der Waals surface area contributed by atoms with Gasteiger partial charge in [0.25, 0.3) is 0 Å². The first-order chi connectivity index (χ1) is 10.1. The van der Waals surface area contributed by atoms with E-state index in [1.165, 1.54) is 6.42 Å². The second-order valence-corrected chi connectivity index (χ2v) is 6.69. The van der Waals surface area contributed by atoms with Gasteiger partial charge in [0.15, 0.2) is 0 Å². The van der Waals surface area contributed by atoms with Crippen LogP contribution in [0, 0.1) is 5.92 Å². The van der Waals surface area contributed by atoms with Gasteiger partial charge in [-0.15, -0.1) is 0 Å². The van der Waals surface area contributed by atoms with Crippen molar-refractivity contribution < 1.29 is 14.7 Å². The third-order valence-corrected chi connectivity index (χ3v) is 5.14. The number of carbonyl (C=O) groups excluding carboxylic acids is 1. The van der Waals surface area contributed by atoms with Crippen molar-refractivity contribution in [3.63, 3.8) is 0 Å². The van der Waals surface area contributed by atoms with E-state index in [0.29, 0.717) is 0 Å². The molecule has 0 aromatic heterocycles. The summed E-state index contributed by atoms with van der Waals surface area (Å²) < 4.78 is 0. The molecule has 0 aromatic carbocycles. The van der Waals surface area contributed by atoms with Crippen LogP contribution in [0.15, 0.2) is 0 Å². The highest BCUT2D eigenvalue weighted by molar-refractivity contribution is 5.75. The first kappa shape index (κ1) is 14.6. The SMILES string of the molecule is O=C(O)CC1CC2CCC(C1)N2C(=O)NN1CCCCC1. The van der Waals surface area contributed by atoms with Gasteiger partial charge in [-0.3, -0.25) is 10.2 Å². The fourth-order valence-corrected chi connectivity index (χ4v) is 4.23. The van der Waals surface area contributed by atoms with Crippen molar-refractivity contribution in [3.8, 4) is 0 Å². The molecule has 6 nitrogen and oxygen atoms in total.